The number of benzene rings is 1. The predicted octanol–water partition coefficient (Wildman–Crippen LogP) is 3.67. The van der Waals surface area contributed by atoms with Crippen LogP contribution in [0.4, 0.5) is 0 Å². The molecule has 0 fully saturated rings. The van der Waals surface area contributed by atoms with Gasteiger partial charge in [-0.25, -0.2) is 0 Å². The Morgan fingerprint density at radius 1 is 1.15 bits per heavy atom. The topological polar surface area (TPSA) is 61.8 Å². The third-order valence-electron chi connectivity index (χ3n) is 4.33. The lowest BCUT2D eigenvalue weighted by Gasteiger charge is -2.27. The van der Waals surface area contributed by atoms with Crippen LogP contribution in [0.1, 0.15) is 39.2 Å². The van der Waals surface area contributed by atoms with E-state index in [0.717, 1.165) is 5.56 Å². The predicted molar refractivity (Wildman–Crippen MR) is 104 cm³/mol. The summed E-state index contributed by atoms with van der Waals surface area (Å²) in [4.78, 5) is 25.0. The molecule has 0 bridgehead atoms. The van der Waals surface area contributed by atoms with Crippen molar-refractivity contribution >= 4 is 11.9 Å². The molecular weight excluding hydrogens is 344 g/mol. The number of carbonyl (C=O) groups excluding carboxylic acids is 2. The second kappa shape index (κ2) is 11.2. The molecule has 1 rings (SSSR count). The maximum absolute atomic E-state index is 12.6. The average Bonchev–Trinajstić information content (AvgIpc) is 2.68. The Morgan fingerprint density at radius 3 is 2.33 bits per heavy atom. The van der Waals surface area contributed by atoms with Gasteiger partial charge in [-0.15, -0.1) is 6.42 Å². The monoisotopic (exact) mass is 372 g/mol. The summed E-state index contributed by atoms with van der Waals surface area (Å²) in [5.41, 5.74) is 0.283. The Hall–Kier alpha value is -2.58. The molecule has 5 nitrogen and oxygen atoms in total. The van der Waals surface area contributed by atoms with Crippen LogP contribution in [0, 0.1) is 17.8 Å². The van der Waals surface area contributed by atoms with Crippen molar-refractivity contribution in [3.63, 3.8) is 0 Å². The minimum absolute atomic E-state index is 0.0205. The number of ether oxygens (including phenoxy) is 3. The molecule has 0 aromatic heterocycles. The molecule has 5 heteroatoms. The molecule has 0 saturated carbocycles. The zero-order valence-electron chi connectivity index (χ0n) is 16.3. The quantitative estimate of drug-likeness (QED) is 0.257. The normalized spacial score (nSPS) is 11.9. The van der Waals surface area contributed by atoms with Crippen molar-refractivity contribution in [1.29, 1.82) is 0 Å². The highest BCUT2D eigenvalue weighted by Gasteiger charge is 2.46. The van der Waals surface area contributed by atoms with E-state index >= 15 is 0 Å². The maximum atomic E-state index is 12.6. The molecule has 27 heavy (non-hydrogen) atoms. The van der Waals surface area contributed by atoms with Crippen molar-refractivity contribution in [1.82, 2.24) is 0 Å². The molecule has 0 aliphatic carbocycles. The summed E-state index contributed by atoms with van der Waals surface area (Å²) < 4.78 is 16.0. The molecule has 0 aliphatic rings. The highest BCUT2D eigenvalue weighted by Crippen LogP contribution is 2.30. The van der Waals surface area contributed by atoms with Crippen molar-refractivity contribution in [2.24, 2.45) is 5.41 Å². The van der Waals surface area contributed by atoms with Gasteiger partial charge in [-0.05, 0) is 30.9 Å². The Kier molecular flexibility index (Phi) is 9.32. The van der Waals surface area contributed by atoms with Gasteiger partial charge in [0.05, 0.1) is 13.2 Å². The highest BCUT2D eigenvalue weighted by molar-refractivity contribution is 6.00. The van der Waals surface area contributed by atoms with Crippen LogP contribution in [0.25, 0.3) is 0 Å². The fourth-order valence-electron chi connectivity index (χ4n) is 2.45. The van der Waals surface area contributed by atoms with Crippen LogP contribution in [-0.2, 0) is 30.4 Å². The molecule has 1 aromatic rings. The van der Waals surface area contributed by atoms with Crippen molar-refractivity contribution in [2.75, 3.05) is 13.2 Å². The number of hydrogen-bond acceptors (Lipinski definition) is 5. The molecule has 146 valence electrons. The van der Waals surface area contributed by atoms with Crippen LogP contribution in [0.2, 0.25) is 0 Å². The molecule has 0 spiro atoms. The van der Waals surface area contributed by atoms with Gasteiger partial charge in [0.25, 0.3) is 0 Å². The zero-order chi connectivity index (χ0) is 20.3. The van der Waals surface area contributed by atoms with Crippen LogP contribution >= 0.6 is 0 Å². The summed E-state index contributed by atoms with van der Waals surface area (Å²) in [5, 5.41) is 0. The third-order valence-corrected chi connectivity index (χ3v) is 4.33. The number of hydrogen-bond donors (Lipinski definition) is 0. The Labute approximate surface area is 161 Å². The molecule has 1 aromatic carbocycles. The summed E-state index contributed by atoms with van der Waals surface area (Å²) in [5.74, 6) is 1.02. The first kappa shape index (κ1) is 22.5. The summed E-state index contributed by atoms with van der Waals surface area (Å²) in [6.45, 7) is 9.59. The molecule has 0 saturated heterocycles. The number of rotatable bonds is 11. The van der Waals surface area contributed by atoms with Gasteiger partial charge in [0.2, 0.25) is 0 Å². The third kappa shape index (κ3) is 6.58. The molecule has 1 unspecified atom stereocenters. The van der Waals surface area contributed by atoms with E-state index in [9.17, 15) is 9.59 Å². The van der Waals surface area contributed by atoms with Gasteiger partial charge in [-0.3, -0.25) is 9.59 Å². The van der Waals surface area contributed by atoms with Crippen molar-refractivity contribution in [3.8, 4) is 12.3 Å². The Morgan fingerprint density at radius 2 is 1.78 bits per heavy atom. The first-order chi connectivity index (χ1) is 12.9. The standard InChI is InChI=1S/C22H28O5/c1-6-18(5)27-21(24)22(7-2,8-3)20(23)26-15-17(4)14-25-16-19-12-10-9-11-13-19/h1,9-13,18H,4,7-8,14-16H2,2-3,5H3. The van der Waals surface area contributed by atoms with Gasteiger partial charge >= 0.3 is 11.9 Å². The molecule has 0 N–H and O–H groups in total. The molecule has 1 atom stereocenters. The SMILES string of the molecule is C#CC(C)OC(=O)C(CC)(CC)C(=O)OCC(=C)COCc1ccccc1. The van der Waals surface area contributed by atoms with Crippen LogP contribution in [-0.4, -0.2) is 31.3 Å². The zero-order valence-corrected chi connectivity index (χ0v) is 16.3. The number of esters is 2. The fraction of sp³-hybridized carbons (Fsp3) is 0.455. The second-order valence-corrected chi connectivity index (χ2v) is 6.31. The first-order valence-corrected chi connectivity index (χ1v) is 9.02. The van der Waals surface area contributed by atoms with Crippen molar-refractivity contribution in [3.05, 3.63) is 48.0 Å². The number of terminal acetylenes is 1. The van der Waals surface area contributed by atoms with Gasteiger partial charge in [-0.1, -0.05) is 56.7 Å². The number of carbonyl (C=O) groups is 2. The largest absolute Gasteiger partial charge is 0.460 e. The molecular formula is C22H28O5. The van der Waals surface area contributed by atoms with Crippen LogP contribution in [0.3, 0.4) is 0 Å². The van der Waals surface area contributed by atoms with E-state index < -0.39 is 23.5 Å². The van der Waals surface area contributed by atoms with Crippen molar-refractivity contribution in [2.45, 2.75) is 46.3 Å². The van der Waals surface area contributed by atoms with E-state index in [4.69, 9.17) is 20.6 Å². The minimum atomic E-state index is -1.36. The van der Waals surface area contributed by atoms with Gasteiger partial charge in [0.15, 0.2) is 11.5 Å². The van der Waals surface area contributed by atoms with E-state index in [-0.39, 0.29) is 26.1 Å². The Balaban J connectivity index is 2.54. The van der Waals surface area contributed by atoms with Gasteiger partial charge < -0.3 is 14.2 Å². The smallest absolute Gasteiger partial charge is 0.324 e. The lowest BCUT2D eigenvalue weighted by molar-refractivity contribution is -0.174. The van der Waals surface area contributed by atoms with Gasteiger partial charge in [-0.2, -0.15) is 0 Å². The van der Waals surface area contributed by atoms with E-state index in [2.05, 4.69) is 12.5 Å². The summed E-state index contributed by atoms with van der Waals surface area (Å²) in [6, 6.07) is 9.73. The van der Waals surface area contributed by atoms with Crippen LogP contribution in [0.5, 0.6) is 0 Å². The lowest BCUT2D eigenvalue weighted by atomic mass is 9.82. The van der Waals surface area contributed by atoms with E-state index in [1.165, 1.54) is 0 Å². The second-order valence-electron chi connectivity index (χ2n) is 6.31. The molecule has 0 aliphatic heterocycles. The molecule has 0 radical (unpaired) electrons. The lowest BCUT2D eigenvalue weighted by Crippen LogP contribution is -2.42. The summed E-state index contributed by atoms with van der Waals surface area (Å²) >= 11 is 0. The van der Waals surface area contributed by atoms with Crippen LogP contribution in [0.15, 0.2) is 42.5 Å². The average molecular weight is 372 g/mol. The molecule has 0 amide bonds. The van der Waals surface area contributed by atoms with E-state index in [0.29, 0.717) is 12.2 Å². The molecule has 0 heterocycles. The fourth-order valence-corrected chi connectivity index (χ4v) is 2.45. The summed E-state index contributed by atoms with van der Waals surface area (Å²) in [6.07, 6.45) is 5.05. The van der Waals surface area contributed by atoms with E-state index in [1.807, 2.05) is 30.3 Å². The van der Waals surface area contributed by atoms with Crippen molar-refractivity contribution < 1.29 is 23.8 Å². The van der Waals surface area contributed by atoms with Gasteiger partial charge in [0.1, 0.15) is 6.61 Å². The Bertz CT molecular complexity index is 668. The van der Waals surface area contributed by atoms with E-state index in [1.54, 1.807) is 20.8 Å². The minimum Gasteiger partial charge on any atom is -0.460 e. The van der Waals surface area contributed by atoms with Gasteiger partial charge in [0, 0.05) is 0 Å². The first-order valence-electron chi connectivity index (χ1n) is 9.02. The highest BCUT2D eigenvalue weighted by atomic mass is 16.6. The maximum Gasteiger partial charge on any atom is 0.324 e. The summed E-state index contributed by atoms with van der Waals surface area (Å²) in [7, 11) is 0. The van der Waals surface area contributed by atoms with Crippen LogP contribution < -0.4 is 0 Å².